The molecule has 2 aromatic rings. The summed E-state index contributed by atoms with van der Waals surface area (Å²) < 4.78 is 28.9. The maximum absolute atomic E-state index is 12.4. The molecule has 1 saturated heterocycles. The molecule has 2 aliphatic heterocycles. The van der Waals surface area contributed by atoms with E-state index in [1.807, 2.05) is 12.1 Å². The Balaban J connectivity index is 1.44. The Hall–Kier alpha value is -3.21. The number of hydrogen-bond acceptors (Lipinski definition) is 7. The van der Waals surface area contributed by atoms with Gasteiger partial charge in [0.25, 0.3) is 5.91 Å². The molecule has 1 aromatic carbocycles. The minimum Gasteiger partial charge on any atom is -0.451 e. The van der Waals surface area contributed by atoms with Crippen LogP contribution >= 0.6 is 0 Å². The molecule has 4 rings (SSSR count). The molecule has 1 aromatic heterocycles. The van der Waals surface area contributed by atoms with Crippen LogP contribution in [0.15, 0.2) is 33.8 Å². The van der Waals surface area contributed by atoms with Crippen LogP contribution in [-0.2, 0) is 19.4 Å². The largest absolute Gasteiger partial charge is 0.451 e. The highest BCUT2D eigenvalue weighted by Crippen LogP contribution is 2.25. The van der Waals surface area contributed by atoms with Gasteiger partial charge in [0, 0.05) is 23.8 Å². The van der Waals surface area contributed by atoms with Crippen molar-refractivity contribution < 1.29 is 27.2 Å². The lowest BCUT2D eigenvalue weighted by molar-refractivity contribution is -0.133. The Morgan fingerprint density at radius 3 is 2.60 bits per heavy atom. The number of nitrogens with zero attached hydrogens (tertiary/aromatic N) is 2. The van der Waals surface area contributed by atoms with Crippen molar-refractivity contribution >= 4 is 44.2 Å². The first-order valence-corrected chi connectivity index (χ1v) is 11.3. The zero-order valence-electron chi connectivity index (χ0n) is 16.2. The monoisotopic (exact) mass is 432 g/mol. The molecule has 0 saturated carbocycles. The van der Waals surface area contributed by atoms with E-state index in [9.17, 15) is 22.8 Å². The van der Waals surface area contributed by atoms with E-state index in [1.165, 1.54) is 0 Å². The molecule has 0 bridgehead atoms. The summed E-state index contributed by atoms with van der Waals surface area (Å²) in [7, 11) is -3.20. The molecule has 11 heteroatoms. The minimum atomic E-state index is -3.20. The van der Waals surface area contributed by atoms with Crippen LogP contribution in [0.4, 0.5) is 0 Å². The number of furan rings is 1. The van der Waals surface area contributed by atoms with Crippen LogP contribution in [0.2, 0.25) is 0 Å². The van der Waals surface area contributed by atoms with Gasteiger partial charge in [-0.3, -0.25) is 25.2 Å². The van der Waals surface area contributed by atoms with Crippen LogP contribution in [-0.4, -0.2) is 54.4 Å². The van der Waals surface area contributed by atoms with E-state index in [0.29, 0.717) is 11.1 Å². The standard InChI is InChI=1S/C19H20N4O6S/c1-11-13-4-2-3-5-15(13)29-17(11)19(26)21-20-18(25)14-6-7-16(24)23(22-14)12-8-9-30(27,28)10-12/h2-5,12H,6-10H2,1H3,(H,20,25)(H,21,26). The number of aryl methyl sites for hydroxylation is 1. The Bertz CT molecular complexity index is 1180. The van der Waals surface area contributed by atoms with E-state index in [0.717, 1.165) is 10.4 Å². The summed E-state index contributed by atoms with van der Waals surface area (Å²) in [6.07, 6.45) is 0.425. The summed E-state index contributed by atoms with van der Waals surface area (Å²) in [6.45, 7) is 1.74. The molecule has 2 aliphatic rings. The second kappa shape index (κ2) is 7.56. The predicted molar refractivity (Wildman–Crippen MR) is 107 cm³/mol. The van der Waals surface area contributed by atoms with Gasteiger partial charge in [-0.15, -0.1) is 0 Å². The van der Waals surface area contributed by atoms with Crippen molar-refractivity contribution in [1.82, 2.24) is 15.9 Å². The van der Waals surface area contributed by atoms with Gasteiger partial charge in [-0.25, -0.2) is 13.4 Å². The minimum absolute atomic E-state index is 0.00853. The summed E-state index contributed by atoms with van der Waals surface area (Å²) in [5.41, 5.74) is 5.82. The highest BCUT2D eigenvalue weighted by atomic mass is 32.2. The molecule has 1 unspecified atom stereocenters. The molecule has 3 heterocycles. The lowest BCUT2D eigenvalue weighted by Crippen LogP contribution is -2.48. The predicted octanol–water partition coefficient (Wildman–Crippen LogP) is 0.668. The van der Waals surface area contributed by atoms with Gasteiger partial charge in [-0.05, 0) is 19.4 Å². The number of rotatable bonds is 3. The number of nitrogens with one attached hydrogen (secondary N) is 2. The summed E-state index contributed by atoms with van der Waals surface area (Å²) in [5, 5.41) is 5.95. The van der Waals surface area contributed by atoms with Crippen molar-refractivity contribution in [2.45, 2.75) is 32.2 Å². The van der Waals surface area contributed by atoms with Crippen molar-refractivity contribution in [3.05, 3.63) is 35.6 Å². The van der Waals surface area contributed by atoms with E-state index in [-0.39, 0.29) is 48.1 Å². The topological polar surface area (TPSA) is 138 Å². The van der Waals surface area contributed by atoms with Gasteiger partial charge in [-0.2, -0.15) is 5.10 Å². The molecular formula is C19H20N4O6S. The van der Waals surface area contributed by atoms with Crippen LogP contribution < -0.4 is 10.9 Å². The molecule has 0 aliphatic carbocycles. The van der Waals surface area contributed by atoms with Crippen molar-refractivity contribution in [1.29, 1.82) is 0 Å². The Kier molecular flexibility index (Phi) is 5.06. The van der Waals surface area contributed by atoms with E-state index < -0.39 is 27.7 Å². The molecule has 1 atom stereocenters. The van der Waals surface area contributed by atoms with Crippen molar-refractivity contribution in [3.63, 3.8) is 0 Å². The first-order valence-electron chi connectivity index (χ1n) is 9.44. The fourth-order valence-corrected chi connectivity index (χ4v) is 5.31. The van der Waals surface area contributed by atoms with Crippen LogP contribution in [0.25, 0.3) is 11.0 Å². The Morgan fingerprint density at radius 2 is 1.90 bits per heavy atom. The average molecular weight is 432 g/mol. The first kappa shape index (κ1) is 20.1. The number of hydrazine groups is 1. The molecule has 30 heavy (non-hydrogen) atoms. The van der Waals surface area contributed by atoms with Crippen LogP contribution in [0, 0.1) is 6.92 Å². The molecule has 3 amide bonds. The number of amides is 3. The molecular weight excluding hydrogens is 412 g/mol. The number of para-hydroxylation sites is 1. The van der Waals surface area contributed by atoms with Gasteiger partial charge < -0.3 is 4.42 Å². The van der Waals surface area contributed by atoms with Crippen LogP contribution in [0.3, 0.4) is 0 Å². The molecule has 1 fully saturated rings. The summed E-state index contributed by atoms with van der Waals surface area (Å²) in [4.78, 5) is 37.0. The number of sulfone groups is 1. The highest BCUT2D eigenvalue weighted by Gasteiger charge is 2.37. The molecule has 10 nitrogen and oxygen atoms in total. The first-order chi connectivity index (χ1) is 14.2. The second-order valence-corrected chi connectivity index (χ2v) is 9.53. The van der Waals surface area contributed by atoms with Crippen molar-refractivity contribution in [2.75, 3.05) is 11.5 Å². The van der Waals surface area contributed by atoms with E-state index >= 15 is 0 Å². The lowest BCUT2D eigenvalue weighted by Gasteiger charge is -2.27. The number of carbonyl (C=O) groups is 3. The summed E-state index contributed by atoms with van der Waals surface area (Å²) in [6, 6.07) is 6.62. The van der Waals surface area contributed by atoms with Gasteiger partial charge in [0.05, 0.1) is 17.5 Å². The van der Waals surface area contributed by atoms with Crippen LogP contribution in [0.1, 0.15) is 35.4 Å². The van der Waals surface area contributed by atoms with Gasteiger partial charge in [0.1, 0.15) is 11.3 Å². The van der Waals surface area contributed by atoms with E-state index in [4.69, 9.17) is 4.42 Å². The second-order valence-electron chi connectivity index (χ2n) is 7.30. The number of hydrazone groups is 1. The summed E-state index contributed by atoms with van der Waals surface area (Å²) >= 11 is 0. The van der Waals surface area contributed by atoms with Gasteiger partial charge in [0.15, 0.2) is 15.6 Å². The number of carbonyl (C=O) groups excluding carboxylic acids is 3. The molecule has 0 spiro atoms. The highest BCUT2D eigenvalue weighted by molar-refractivity contribution is 7.91. The SMILES string of the molecule is Cc1c(C(=O)NNC(=O)C2=NN(C3CCS(=O)(=O)C3)C(=O)CC2)oc2ccccc12. The lowest BCUT2D eigenvalue weighted by atomic mass is 10.1. The van der Waals surface area contributed by atoms with Crippen molar-refractivity contribution in [3.8, 4) is 0 Å². The third kappa shape index (κ3) is 3.80. The maximum atomic E-state index is 12.4. The molecule has 2 N–H and O–H groups in total. The van der Waals surface area contributed by atoms with Gasteiger partial charge >= 0.3 is 5.91 Å². The fraction of sp³-hybridized carbons (Fsp3) is 0.368. The van der Waals surface area contributed by atoms with Crippen molar-refractivity contribution in [2.24, 2.45) is 5.10 Å². The van der Waals surface area contributed by atoms with Gasteiger partial charge in [-0.1, -0.05) is 18.2 Å². The summed E-state index contributed by atoms with van der Waals surface area (Å²) in [5.74, 6) is -1.71. The third-order valence-electron chi connectivity index (χ3n) is 5.22. The Morgan fingerprint density at radius 1 is 1.17 bits per heavy atom. The zero-order chi connectivity index (χ0) is 21.5. The average Bonchev–Trinajstić information content (AvgIpc) is 3.26. The van der Waals surface area contributed by atoms with Gasteiger partial charge in [0.2, 0.25) is 5.91 Å². The Labute approximate surface area is 172 Å². The van der Waals surface area contributed by atoms with Crippen LogP contribution in [0.5, 0.6) is 0 Å². The zero-order valence-corrected chi connectivity index (χ0v) is 17.0. The molecule has 0 radical (unpaired) electrons. The van der Waals surface area contributed by atoms with E-state index in [2.05, 4.69) is 16.0 Å². The number of benzene rings is 1. The maximum Gasteiger partial charge on any atom is 0.305 e. The normalized spacial score (nSPS) is 20.8. The third-order valence-corrected chi connectivity index (χ3v) is 6.97. The fourth-order valence-electron chi connectivity index (χ4n) is 3.62. The van der Waals surface area contributed by atoms with E-state index in [1.54, 1.807) is 19.1 Å². The number of fused-ring (bicyclic) bond motifs is 1. The molecule has 158 valence electrons. The quantitative estimate of drug-likeness (QED) is 0.684. The number of hydrogen-bond donors (Lipinski definition) is 2. The smallest absolute Gasteiger partial charge is 0.305 e.